The maximum atomic E-state index is 12.6. The Kier molecular flexibility index (Phi) is 5.93. The number of anilines is 1. The summed E-state index contributed by atoms with van der Waals surface area (Å²) in [6, 6.07) is 11.4. The molecule has 5 heteroatoms. The van der Waals surface area contributed by atoms with E-state index >= 15 is 0 Å². The first-order chi connectivity index (χ1) is 11.0. The number of carbonyl (C=O) groups is 2. The van der Waals surface area contributed by atoms with Gasteiger partial charge in [-0.05, 0) is 44.0 Å². The van der Waals surface area contributed by atoms with Crippen LogP contribution in [0.15, 0.2) is 36.4 Å². The highest BCUT2D eigenvalue weighted by molar-refractivity contribution is 7.13. The van der Waals surface area contributed by atoms with Gasteiger partial charge in [-0.3, -0.25) is 9.59 Å². The highest BCUT2D eigenvalue weighted by Gasteiger charge is 2.19. The number of benzene rings is 1. The third kappa shape index (κ3) is 4.66. The minimum absolute atomic E-state index is 0.0674. The van der Waals surface area contributed by atoms with E-state index < -0.39 is 0 Å². The number of amides is 2. The van der Waals surface area contributed by atoms with Crippen LogP contribution >= 0.6 is 11.3 Å². The van der Waals surface area contributed by atoms with E-state index in [1.54, 1.807) is 4.90 Å². The van der Waals surface area contributed by atoms with Crippen LogP contribution in [0.4, 0.5) is 5.69 Å². The summed E-state index contributed by atoms with van der Waals surface area (Å²) in [7, 11) is 0. The number of aryl methyl sites for hydroxylation is 2. The molecular weight excluding hydrogens is 308 g/mol. The van der Waals surface area contributed by atoms with Gasteiger partial charge in [0.1, 0.15) is 6.54 Å². The van der Waals surface area contributed by atoms with Crippen molar-refractivity contribution in [3.63, 3.8) is 0 Å². The van der Waals surface area contributed by atoms with Crippen LogP contribution in [-0.2, 0) is 4.79 Å². The number of para-hydroxylation sites is 1. The zero-order valence-corrected chi connectivity index (χ0v) is 14.6. The molecule has 0 saturated carbocycles. The van der Waals surface area contributed by atoms with Gasteiger partial charge in [0.05, 0.1) is 4.88 Å². The Morgan fingerprint density at radius 2 is 1.87 bits per heavy atom. The molecule has 4 nitrogen and oxygen atoms in total. The van der Waals surface area contributed by atoms with Crippen LogP contribution < -0.4 is 5.32 Å². The summed E-state index contributed by atoms with van der Waals surface area (Å²) in [5, 5.41) is 2.88. The van der Waals surface area contributed by atoms with Crippen molar-refractivity contribution >= 4 is 28.8 Å². The van der Waals surface area contributed by atoms with Crippen molar-refractivity contribution in [2.75, 3.05) is 18.4 Å². The summed E-state index contributed by atoms with van der Waals surface area (Å²) < 4.78 is 0. The summed E-state index contributed by atoms with van der Waals surface area (Å²) in [4.78, 5) is 28.2. The molecule has 2 rings (SSSR count). The quantitative estimate of drug-likeness (QED) is 0.874. The standard InChI is InChI=1S/C18H22N2O2S/c1-4-11-20(18(22)16-10-9-14(3)23-16)12-17(21)19-15-8-6-5-7-13(15)2/h5-10H,4,11-12H2,1-3H3,(H,19,21). The first-order valence-electron chi connectivity index (χ1n) is 7.72. The van der Waals surface area contributed by atoms with Crippen molar-refractivity contribution in [2.45, 2.75) is 27.2 Å². The molecule has 0 aliphatic heterocycles. The lowest BCUT2D eigenvalue weighted by molar-refractivity contribution is -0.116. The molecule has 0 unspecified atom stereocenters. The molecule has 1 N–H and O–H groups in total. The predicted octanol–water partition coefficient (Wildman–Crippen LogP) is 3.86. The predicted molar refractivity (Wildman–Crippen MR) is 95.1 cm³/mol. The van der Waals surface area contributed by atoms with Crippen LogP contribution in [0.1, 0.15) is 33.5 Å². The van der Waals surface area contributed by atoms with E-state index in [2.05, 4.69) is 5.32 Å². The second-order valence-corrected chi connectivity index (χ2v) is 6.79. The molecule has 0 saturated heterocycles. The largest absolute Gasteiger partial charge is 0.329 e. The van der Waals surface area contributed by atoms with Crippen LogP contribution in [0.25, 0.3) is 0 Å². The normalized spacial score (nSPS) is 10.4. The fourth-order valence-electron chi connectivity index (χ4n) is 2.30. The Labute approximate surface area is 141 Å². The van der Waals surface area contributed by atoms with Crippen LogP contribution in [-0.4, -0.2) is 29.8 Å². The molecule has 1 heterocycles. The zero-order valence-electron chi connectivity index (χ0n) is 13.8. The number of rotatable bonds is 6. The summed E-state index contributed by atoms with van der Waals surface area (Å²) in [6.07, 6.45) is 0.813. The van der Waals surface area contributed by atoms with E-state index in [1.165, 1.54) is 11.3 Å². The van der Waals surface area contributed by atoms with Gasteiger partial charge < -0.3 is 10.2 Å². The van der Waals surface area contributed by atoms with Gasteiger partial charge in [-0.1, -0.05) is 25.1 Å². The lowest BCUT2D eigenvalue weighted by atomic mass is 10.2. The van der Waals surface area contributed by atoms with Crippen LogP contribution in [0.2, 0.25) is 0 Å². The molecule has 2 aromatic rings. The van der Waals surface area contributed by atoms with Gasteiger partial charge in [0.25, 0.3) is 5.91 Å². The number of hydrogen-bond acceptors (Lipinski definition) is 3. The Morgan fingerprint density at radius 1 is 1.13 bits per heavy atom. The average molecular weight is 330 g/mol. The molecule has 0 aliphatic carbocycles. The Hall–Kier alpha value is -2.14. The first kappa shape index (κ1) is 17.2. The number of carbonyl (C=O) groups excluding carboxylic acids is 2. The van der Waals surface area contributed by atoms with Gasteiger partial charge in [-0.15, -0.1) is 11.3 Å². The second kappa shape index (κ2) is 7.92. The topological polar surface area (TPSA) is 49.4 Å². The molecule has 0 spiro atoms. The van der Waals surface area contributed by atoms with E-state index in [4.69, 9.17) is 0 Å². The van der Waals surface area contributed by atoms with Crippen molar-refractivity contribution in [3.8, 4) is 0 Å². The highest BCUT2D eigenvalue weighted by Crippen LogP contribution is 2.18. The average Bonchev–Trinajstić information content (AvgIpc) is 2.95. The molecular formula is C18H22N2O2S. The summed E-state index contributed by atoms with van der Waals surface area (Å²) in [5.74, 6) is -0.251. The molecule has 0 fully saturated rings. The molecule has 2 amide bonds. The van der Waals surface area contributed by atoms with Crippen molar-refractivity contribution < 1.29 is 9.59 Å². The molecule has 0 aliphatic rings. The van der Waals surface area contributed by atoms with Gasteiger partial charge in [0.2, 0.25) is 5.91 Å². The van der Waals surface area contributed by atoms with Crippen molar-refractivity contribution in [2.24, 2.45) is 0 Å². The van der Waals surface area contributed by atoms with Crippen LogP contribution in [0.5, 0.6) is 0 Å². The summed E-state index contributed by atoms with van der Waals surface area (Å²) in [5.41, 5.74) is 1.79. The fourth-order valence-corrected chi connectivity index (χ4v) is 3.14. The minimum Gasteiger partial charge on any atom is -0.329 e. The monoisotopic (exact) mass is 330 g/mol. The van der Waals surface area contributed by atoms with Gasteiger partial charge >= 0.3 is 0 Å². The molecule has 23 heavy (non-hydrogen) atoms. The Bertz CT molecular complexity index is 694. The fraction of sp³-hybridized carbons (Fsp3) is 0.333. The maximum Gasteiger partial charge on any atom is 0.264 e. The Balaban J connectivity index is 2.05. The van der Waals surface area contributed by atoms with Gasteiger partial charge in [-0.25, -0.2) is 0 Å². The van der Waals surface area contributed by atoms with E-state index in [0.29, 0.717) is 11.4 Å². The number of nitrogens with one attached hydrogen (secondary N) is 1. The molecule has 0 bridgehead atoms. The van der Waals surface area contributed by atoms with Gasteiger partial charge in [0.15, 0.2) is 0 Å². The minimum atomic E-state index is -0.172. The van der Waals surface area contributed by atoms with Crippen LogP contribution in [0, 0.1) is 13.8 Å². The molecule has 122 valence electrons. The van der Waals surface area contributed by atoms with E-state index in [-0.39, 0.29) is 18.4 Å². The third-order valence-electron chi connectivity index (χ3n) is 3.49. The lowest BCUT2D eigenvalue weighted by Gasteiger charge is -2.21. The van der Waals surface area contributed by atoms with E-state index in [0.717, 1.165) is 22.5 Å². The van der Waals surface area contributed by atoms with Gasteiger partial charge in [-0.2, -0.15) is 0 Å². The van der Waals surface area contributed by atoms with E-state index in [9.17, 15) is 9.59 Å². The molecule has 0 atom stereocenters. The number of nitrogens with zero attached hydrogens (tertiary/aromatic N) is 1. The summed E-state index contributed by atoms with van der Waals surface area (Å²) >= 11 is 1.46. The summed E-state index contributed by atoms with van der Waals surface area (Å²) in [6.45, 7) is 6.55. The van der Waals surface area contributed by atoms with Crippen LogP contribution in [0.3, 0.4) is 0 Å². The highest BCUT2D eigenvalue weighted by atomic mass is 32.1. The van der Waals surface area contributed by atoms with Crippen molar-refractivity contribution in [3.05, 3.63) is 51.7 Å². The van der Waals surface area contributed by atoms with Crippen molar-refractivity contribution in [1.82, 2.24) is 4.90 Å². The molecule has 0 radical (unpaired) electrons. The third-order valence-corrected chi connectivity index (χ3v) is 4.47. The number of thiophene rings is 1. The first-order valence-corrected chi connectivity index (χ1v) is 8.54. The molecule has 1 aromatic carbocycles. The second-order valence-electron chi connectivity index (χ2n) is 5.50. The smallest absolute Gasteiger partial charge is 0.264 e. The number of hydrogen-bond donors (Lipinski definition) is 1. The molecule has 1 aromatic heterocycles. The van der Waals surface area contributed by atoms with E-state index in [1.807, 2.05) is 57.2 Å². The lowest BCUT2D eigenvalue weighted by Crippen LogP contribution is -2.38. The SMILES string of the molecule is CCCN(CC(=O)Nc1ccccc1C)C(=O)c1ccc(C)s1. The van der Waals surface area contributed by atoms with Crippen molar-refractivity contribution in [1.29, 1.82) is 0 Å². The van der Waals surface area contributed by atoms with Gasteiger partial charge in [0, 0.05) is 17.1 Å². The Morgan fingerprint density at radius 3 is 2.48 bits per heavy atom. The maximum absolute atomic E-state index is 12.6. The zero-order chi connectivity index (χ0) is 16.8.